The number of nitrogens with zero attached hydrogens (tertiary/aromatic N) is 1. The second-order valence-corrected chi connectivity index (χ2v) is 4.02. The molecule has 1 unspecified atom stereocenters. The van der Waals surface area contributed by atoms with Gasteiger partial charge in [0.15, 0.2) is 0 Å². The van der Waals surface area contributed by atoms with Crippen LogP contribution in [-0.2, 0) is 9.53 Å². The summed E-state index contributed by atoms with van der Waals surface area (Å²) in [6, 6.07) is 3.38. The molecule has 1 heterocycles. The van der Waals surface area contributed by atoms with Crippen molar-refractivity contribution in [1.29, 1.82) is 0 Å². The predicted octanol–water partition coefficient (Wildman–Crippen LogP) is 1.18. The Morgan fingerprint density at radius 1 is 1.63 bits per heavy atom. The minimum absolute atomic E-state index is 0.0560. The minimum atomic E-state index is -0.196. The molecule has 0 aromatic carbocycles. The van der Waals surface area contributed by atoms with Crippen LogP contribution >= 0.6 is 0 Å². The first-order chi connectivity index (χ1) is 9.15. The average molecular weight is 262 g/mol. The lowest BCUT2D eigenvalue weighted by Crippen LogP contribution is -2.15. The van der Waals surface area contributed by atoms with E-state index in [1.54, 1.807) is 25.4 Å². The largest absolute Gasteiger partial charge is 0.384 e. The molecule has 1 rings (SSSR count). The van der Waals surface area contributed by atoms with E-state index in [1.165, 1.54) is 0 Å². The molecule has 102 valence electrons. The zero-order chi connectivity index (χ0) is 14.1. The van der Waals surface area contributed by atoms with Crippen molar-refractivity contribution in [2.45, 2.75) is 25.9 Å². The van der Waals surface area contributed by atoms with E-state index in [4.69, 9.17) is 9.84 Å². The molecule has 1 atom stereocenters. The van der Waals surface area contributed by atoms with Gasteiger partial charge in [0.25, 0.3) is 0 Å². The second kappa shape index (κ2) is 8.25. The molecule has 0 saturated carbocycles. The Morgan fingerprint density at radius 2 is 2.42 bits per heavy atom. The number of aliphatic hydroxyl groups is 1. The van der Waals surface area contributed by atoms with Crippen LogP contribution in [0.15, 0.2) is 18.3 Å². The van der Waals surface area contributed by atoms with Gasteiger partial charge in [-0.15, -0.1) is 0 Å². The zero-order valence-corrected chi connectivity index (χ0v) is 11.1. The van der Waals surface area contributed by atoms with E-state index in [2.05, 4.69) is 22.1 Å². The van der Waals surface area contributed by atoms with Crippen molar-refractivity contribution >= 4 is 11.7 Å². The van der Waals surface area contributed by atoms with E-state index in [0.717, 1.165) is 0 Å². The van der Waals surface area contributed by atoms with E-state index < -0.39 is 0 Å². The number of rotatable bonds is 5. The number of carbonyl (C=O) groups excluding carboxylic acids is 1. The van der Waals surface area contributed by atoms with Crippen molar-refractivity contribution in [2.24, 2.45) is 0 Å². The molecule has 1 aromatic heterocycles. The summed E-state index contributed by atoms with van der Waals surface area (Å²) in [7, 11) is 1.62. The van der Waals surface area contributed by atoms with Crippen LogP contribution in [0.1, 0.15) is 25.3 Å². The van der Waals surface area contributed by atoms with Crippen molar-refractivity contribution < 1.29 is 14.6 Å². The van der Waals surface area contributed by atoms with Gasteiger partial charge in [0.1, 0.15) is 12.4 Å². The third-order valence-electron chi connectivity index (χ3n) is 2.52. The van der Waals surface area contributed by atoms with Gasteiger partial charge >= 0.3 is 0 Å². The first kappa shape index (κ1) is 15.2. The van der Waals surface area contributed by atoms with E-state index in [1.807, 2.05) is 6.92 Å². The van der Waals surface area contributed by atoms with Gasteiger partial charge in [-0.1, -0.05) is 11.8 Å². The van der Waals surface area contributed by atoms with Gasteiger partial charge in [0, 0.05) is 25.3 Å². The van der Waals surface area contributed by atoms with Gasteiger partial charge in [0.2, 0.25) is 5.91 Å². The summed E-state index contributed by atoms with van der Waals surface area (Å²) in [6.07, 6.45) is 2.66. The molecule has 5 nitrogen and oxygen atoms in total. The SMILES string of the molecule is COC(C)CCC(=O)Nc1cc(C#CCO)ccn1. The summed E-state index contributed by atoms with van der Waals surface area (Å²) in [4.78, 5) is 15.7. The number of nitrogens with one attached hydrogen (secondary N) is 1. The zero-order valence-electron chi connectivity index (χ0n) is 11.1. The number of anilines is 1. The topological polar surface area (TPSA) is 71.5 Å². The molecule has 0 spiro atoms. The summed E-state index contributed by atoms with van der Waals surface area (Å²) in [5.74, 6) is 5.65. The molecular formula is C14H18N2O3. The Hall–Kier alpha value is -1.90. The fourth-order valence-corrected chi connectivity index (χ4v) is 1.38. The number of amides is 1. The standard InChI is InChI=1S/C14H18N2O3/c1-11(19-2)5-6-14(18)16-13-10-12(4-3-9-17)7-8-15-13/h7-8,10-11,17H,5-6,9H2,1-2H3,(H,15,16,18). The Bertz CT molecular complexity index is 477. The lowest BCUT2D eigenvalue weighted by atomic mass is 10.2. The summed E-state index contributed by atoms with van der Waals surface area (Å²) in [5.41, 5.74) is 0.699. The van der Waals surface area contributed by atoms with Crippen LogP contribution in [0.25, 0.3) is 0 Å². The Kier molecular flexibility index (Phi) is 6.58. The monoisotopic (exact) mass is 262 g/mol. The number of hydrogen-bond acceptors (Lipinski definition) is 4. The molecule has 0 radical (unpaired) electrons. The number of methoxy groups -OCH3 is 1. The Labute approximate surface area is 113 Å². The van der Waals surface area contributed by atoms with Crippen LogP contribution in [0.4, 0.5) is 5.82 Å². The second-order valence-electron chi connectivity index (χ2n) is 4.02. The quantitative estimate of drug-likeness (QED) is 0.782. The highest BCUT2D eigenvalue weighted by Gasteiger charge is 2.06. The molecule has 0 saturated heterocycles. The molecule has 5 heteroatoms. The number of aromatic nitrogens is 1. The van der Waals surface area contributed by atoms with Crippen molar-refractivity contribution in [3.8, 4) is 11.8 Å². The molecule has 19 heavy (non-hydrogen) atoms. The van der Waals surface area contributed by atoms with Gasteiger partial charge in [-0.25, -0.2) is 4.98 Å². The smallest absolute Gasteiger partial charge is 0.225 e. The average Bonchev–Trinajstić information content (AvgIpc) is 2.43. The third-order valence-corrected chi connectivity index (χ3v) is 2.52. The number of carbonyl (C=O) groups is 1. The maximum absolute atomic E-state index is 11.7. The lowest BCUT2D eigenvalue weighted by Gasteiger charge is -2.09. The van der Waals surface area contributed by atoms with Crippen LogP contribution in [-0.4, -0.2) is 35.8 Å². The molecule has 1 amide bonds. The first-order valence-corrected chi connectivity index (χ1v) is 6.04. The Balaban J connectivity index is 2.54. The molecule has 0 aliphatic heterocycles. The molecule has 2 N–H and O–H groups in total. The molecule has 1 aromatic rings. The lowest BCUT2D eigenvalue weighted by molar-refractivity contribution is -0.116. The van der Waals surface area contributed by atoms with Gasteiger partial charge in [-0.3, -0.25) is 4.79 Å². The summed E-state index contributed by atoms with van der Waals surface area (Å²) in [5, 5.41) is 11.3. The fraction of sp³-hybridized carbons (Fsp3) is 0.429. The number of pyridine rings is 1. The van der Waals surface area contributed by atoms with Crippen molar-refractivity contribution in [3.63, 3.8) is 0 Å². The van der Waals surface area contributed by atoms with Crippen LogP contribution in [0.3, 0.4) is 0 Å². The van der Waals surface area contributed by atoms with Crippen LogP contribution in [0, 0.1) is 11.8 Å². The van der Waals surface area contributed by atoms with E-state index in [-0.39, 0.29) is 18.6 Å². The molecule has 0 aliphatic rings. The summed E-state index contributed by atoms with van der Waals surface area (Å²) >= 11 is 0. The summed E-state index contributed by atoms with van der Waals surface area (Å²) in [6.45, 7) is 1.72. The van der Waals surface area contributed by atoms with Crippen molar-refractivity contribution in [3.05, 3.63) is 23.9 Å². The van der Waals surface area contributed by atoms with E-state index >= 15 is 0 Å². The molecular weight excluding hydrogens is 244 g/mol. The maximum atomic E-state index is 11.7. The Morgan fingerprint density at radius 3 is 3.11 bits per heavy atom. The van der Waals surface area contributed by atoms with Crippen molar-refractivity contribution in [2.75, 3.05) is 19.0 Å². The van der Waals surface area contributed by atoms with Crippen LogP contribution < -0.4 is 5.32 Å². The van der Waals surface area contributed by atoms with Gasteiger partial charge in [-0.05, 0) is 25.5 Å². The first-order valence-electron chi connectivity index (χ1n) is 6.04. The highest BCUT2D eigenvalue weighted by Crippen LogP contribution is 2.07. The van der Waals surface area contributed by atoms with Crippen molar-refractivity contribution in [1.82, 2.24) is 4.98 Å². The number of hydrogen-bond donors (Lipinski definition) is 2. The van der Waals surface area contributed by atoms with E-state index in [9.17, 15) is 4.79 Å². The number of aliphatic hydroxyl groups excluding tert-OH is 1. The highest BCUT2D eigenvalue weighted by atomic mass is 16.5. The highest BCUT2D eigenvalue weighted by molar-refractivity contribution is 5.89. The molecule has 0 bridgehead atoms. The fourth-order valence-electron chi connectivity index (χ4n) is 1.38. The van der Waals surface area contributed by atoms with Gasteiger partial charge in [-0.2, -0.15) is 0 Å². The van der Waals surface area contributed by atoms with Crippen LogP contribution in [0.5, 0.6) is 0 Å². The number of ether oxygens (including phenoxy) is 1. The summed E-state index contributed by atoms with van der Waals surface area (Å²) < 4.78 is 5.08. The normalized spacial score (nSPS) is 11.3. The van der Waals surface area contributed by atoms with Crippen LogP contribution in [0.2, 0.25) is 0 Å². The van der Waals surface area contributed by atoms with Gasteiger partial charge < -0.3 is 15.2 Å². The molecule has 0 fully saturated rings. The predicted molar refractivity (Wildman–Crippen MR) is 72.5 cm³/mol. The molecule has 0 aliphatic carbocycles. The van der Waals surface area contributed by atoms with Gasteiger partial charge in [0.05, 0.1) is 6.10 Å². The maximum Gasteiger partial charge on any atom is 0.225 e. The van der Waals surface area contributed by atoms with E-state index in [0.29, 0.717) is 24.2 Å². The minimum Gasteiger partial charge on any atom is -0.384 e. The third kappa shape index (κ3) is 6.00.